The molecule has 4 aromatic carbocycles. The zero-order valence-corrected chi connectivity index (χ0v) is 38.3. The van der Waals surface area contributed by atoms with Crippen molar-refractivity contribution in [2.24, 2.45) is 11.5 Å². The van der Waals surface area contributed by atoms with Crippen molar-refractivity contribution in [3.8, 4) is 51.7 Å². The molecule has 0 aliphatic heterocycles. The molecular formula is C45H29F15N6O11. The summed E-state index contributed by atoms with van der Waals surface area (Å²) in [5, 5.41) is 3.81. The van der Waals surface area contributed by atoms with E-state index < -0.39 is 151 Å². The topological polar surface area (TPSA) is 235 Å². The number of carbonyl (C=O) groups excluding carboxylic acids is 4. The van der Waals surface area contributed by atoms with Crippen LogP contribution in [-0.4, -0.2) is 67.7 Å². The highest BCUT2D eigenvalue weighted by molar-refractivity contribution is 6.09. The number of anilines is 2. The van der Waals surface area contributed by atoms with E-state index in [9.17, 15) is 80.6 Å². The quantitative estimate of drug-likeness (QED) is 0.0702. The predicted octanol–water partition coefficient (Wildman–Crippen LogP) is 10.7. The Bertz CT molecular complexity index is 3230. The maximum atomic E-state index is 15.0. The molecule has 0 saturated heterocycles. The van der Waals surface area contributed by atoms with E-state index in [0.29, 0.717) is 36.7 Å². The molecule has 0 aliphatic carbocycles. The monoisotopic (exact) mass is 1110 g/mol. The average Bonchev–Trinajstić information content (AvgIpc) is 3.32. The minimum atomic E-state index is -5.27. The van der Waals surface area contributed by atoms with Gasteiger partial charge >= 0.3 is 25.1 Å². The number of amides is 4. The Balaban J connectivity index is 0.000000284. The van der Waals surface area contributed by atoms with Crippen LogP contribution < -0.4 is 55.3 Å². The zero-order chi connectivity index (χ0) is 57.5. The predicted molar refractivity (Wildman–Crippen MR) is 230 cm³/mol. The van der Waals surface area contributed by atoms with Crippen molar-refractivity contribution in [3.05, 3.63) is 136 Å². The first-order valence-corrected chi connectivity index (χ1v) is 20.2. The molecule has 6 N–H and O–H groups in total. The van der Waals surface area contributed by atoms with Gasteiger partial charge in [0.05, 0.1) is 56.2 Å². The largest absolute Gasteiger partial charge is 0.573 e. The van der Waals surface area contributed by atoms with Crippen molar-refractivity contribution in [1.82, 2.24) is 9.97 Å². The summed E-state index contributed by atoms with van der Waals surface area (Å²) in [7, 11) is 2.89. The Kier molecular flexibility index (Phi) is 17.5. The van der Waals surface area contributed by atoms with Gasteiger partial charge in [-0.3, -0.25) is 19.2 Å². The lowest BCUT2D eigenvalue weighted by Crippen LogP contribution is -2.20. The molecule has 17 nitrogen and oxygen atoms in total. The van der Waals surface area contributed by atoms with E-state index in [-0.39, 0.29) is 17.6 Å². The summed E-state index contributed by atoms with van der Waals surface area (Å²) in [6.07, 6.45) is -19.4. The standard InChI is InChI=1S/C23H16F7N3O6.C22H13F8N3O5/c1-36-17-7-10(39-23(28,29)30)3-5-15(17)38-16-6-4-11(22(25,26)27)19(37-2)18(16)21(35)33-13-8-14(20(31)34)32-9-12(13)24;1-36-16-6-9(38-22(28,29)30)2-4-14(16)37-15-5-3-10(21(25,26)27)18(24)17(15)20(35)33-12-7-13(19(31)34)32-8-11(12)23/h3-9H,1-2H3,(H2,31,34)(H,32,33,35);2-8H,1H3,(H2,31,34)(H,32,33,35). The summed E-state index contributed by atoms with van der Waals surface area (Å²) in [6, 6.07) is 8.31. The van der Waals surface area contributed by atoms with E-state index in [1.54, 1.807) is 5.32 Å². The van der Waals surface area contributed by atoms with Crippen LogP contribution in [0.15, 0.2) is 85.2 Å². The summed E-state index contributed by atoms with van der Waals surface area (Å²) < 4.78 is 233. The number of nitrogens with two attached hydrogens (primary N) is 2. The summed E-state index contributed by atoms with van der Waals surface area (Å²) in [4.78, 5) is 55.5. The van der Waals surface area contributed by atoms with Gasteiger partial charge in [-0.05, 0) is 60.7 Å². The van der Waals surface area contributed by atoms with Gasteiger partial charge in [0, 0.05) is 12.1 Å². The van der Waals surface area contributed by atoms with Crippen LogP contribution in [0.1, 0.15) is 52.8 Å². The molecule has 2 aromatic heterocycles. The number of rotatable bonds is 15. The molecule has 6 rings (SSSR count). The van der Waals surface area contributed by atoms with Gasteiger partial charge in [-0.1, -0.05) is 0 Å². The molecule has 0 fully saturated rings. The summed E-state index contributed by atoms with van der Waals surface area (Å²) in [6.45, 7) is 0. The van der Waals surface area contributed by atoms with Crippen LogP contribution in [0.3, 0.4) is 0 Å². The molecule has 0 spiro atoms. The second-order valence-electron chi connectivity index (χ2n) is 14.5. The molecule has 0 unspecified atom stereocenters. The highest BCUT2D eigenvalue weighted by Crippen LogP contribution is 2.46. The van der Waals surface area contributed by atoms with Crippen LogP contribution in [0, 0.1) is 17.5 Å². The number of hydrogen-bond acceptors (Lipinski definition) is 13. The molecule has 6 aromatic rings. The van der Waals surface area contributed by atoms with E-state index in [4.69, 9.17) is 35.2 Å². The number of nitrogens with zero attached hydrogens (tertiary/aromatic N) is 2. The fourth-order valence-corrected chi connectivity index (χ4v) is 6.18. The summed E-state index contributed by atoms with van der Waals surface area (Å²) >= 11 is 0. The van der Waals surface area contributed by atoms with Crippen molar-refractivity contribution in [3.63, 3.8) is 0 Å². The number of alkyl halides is 12. The number of benzene rings is 4. The summed E-state index contributed by atoms with van der Waals surface area (Å²) in [5.74, 6) is -15.3. The van der Waals surface area contributed by atoms with Crippen LogP contribution in [0.4, 0.5) is 77.2 Å². The lowest BCUT2D eigenvalue weighted by molar-refractivity contribution is -0.275. The van der Waals surface area contributed by atoms with E-state index in [0.717, 1.165) is 63.8 Å². The number of aromatic nitrogens is 2. The minimum Gasteiger partial charge on any atom is -0.495 e. The van der Waals surface area contributed by atoms with Crippen molar-refractivity contribution >= 4 is 35.0 Å². The number of hydrogen-bond donors (Lipinski definition) is 4. The van der Waals surface area contributed by atoms with Gasteiger partial charge in [0.2, 0.25) is 0 Å². The normalized spacial score (nSPS) is 11.6. The third-order valence-corrected chi connectivity index (χ3v) is 9.38. The Morgan fingerprint density at radius 2 is 0.857 bits per heavy atom. The minimum absolute atomic E-state index is 0.243. The van der Waals surface area contributed by atoms with E-state index in [1.807, 2.05) is 5.32 Å². The molecule has 0 saturated carbocycles. The number of ether oxygens (including phenoxy) is 7. The molecule has 0 bridgehead atoms. The first kappa shape index (κ1) is 58.5. The van der Waals surface area contributed by atoms with Crippen LogP contribution in [0.2, 0.25) is 0 Å². The maximum Gasteiger partial charge on any atom is 0.573 e. The second kappa shape index (κ2) is 23.0. The molecule has 0 atom stereocenters. The number of halogens is 15. The SMILES string of the molecule is COc1cc(OC(F)(F)F)ccc1Oc1ccc(C(F)(F)F)c(F)c1C(=O)Nc1cc(C(N)=O)ncc1F.COc1cc(OC(F)(F)F)ccc1Oc1ccc(C(F)(F)F)c(OC)c1C(=O)Nc1cc(C(N)=O)ncc1F. The molecule has 0 radical (unpaired) electrons. The van der Waals surface area contributed by atoms with Crippen LogP contribution in [0.25, 0.3) is 0 Å². The van der Waals surface area contributed by atoms with Gasteiger partial charge in [-0.2, -0.15) is 26.3 Å². The van der Waals surface area contributed by atoms with E-state index >= 15 is 4.39 Å². The molecule has 2 heterocycles. The van der Waals surface area contributed by atoms with E-state index in [2.05, 4.69) is 19.4 Å². The summed E-state index contributed by atoms with van der Waals surface area (Å²) in [5.41, 5.74) is 2.11. The third kappa shape index (κ3) is 14.9. The second-order valence-corrected chi connectivity index (χ2v) is 14.5. The Morgan fingerprint density at radius 1 is 0.481 bits per heavy atom. The number of pyridine rings is 2. The van der Waals surface area contributed by atoms with Crippen molar-refractivity contribution in [2.75, 3.05) is 32.0 Å². The van der Waals surface area contributed by atoms with Crippen molar-refractivity contribution in [1.29, 1.82) is 0 Å². The first-order valence-electron chi connectivity index (χ1n) is 20.2. The van der Waals surface area contributed by atoms with Crippen LogP contribution in [-0.2, 0) is 12.4 Å². The Labute approximate surface area is 419 Å². The first-order chi connectivity index (χ1) is 35.7. The highest BCUT2D eigenvalue weighted by Gasteiger charge is 2.40. The molecule has 4 amide bonds. The Hall–Kier alpha value is -9.39. The Morgan fingerprint density at radius 3 is 1.22 bits per heavy atom. The number of primary amides is 2. The van der Waals surface area contributed by atoms with Gasteiger partial charge < -0.3 is 55.3 Å². The average molecular weight is 1110 g/mol. The molecule has 77 heavy (non-hydrogen) atoms. The number of carbonyl (C=O) groups is 4. The fraction of sp³-hybridized carbons (Fsp3) is 0.156. The maximum absolute atomic E-state index is 15.0. The highest BCUT2D eigenvalue weighted by atomic mass is 19.4. The fourth-order valence-electron chi connectivity index (χ4n) is 6.18. The van der Waals surface area contributed by atoms with Gasteiger partial charge in [0.15, 0.2) is 40.4 Å². The van der Waals surface area contributed by atoms with Crippen molar-refractivity contribution < 1.29 is 118 Å². The van der Waals surface area contributed by atoms with Gasteiger partial charge in [0.1, 0.15) is 51.3 Å². The van der Waals surface area contributed by atoms with Gasteiger partial charge in [0.25, 0.3) is 23.6 Å². The lowest BCUT2D eigenvalue weighted by atomic mass is 10.1. The molecule has 32 heteroatoms. The van der Waals surface area contributed by atoms with Crippen molar-refractivity contribution in [2.45, 2.75) is 25.1 Å². The smallest absolute Gasteiger partial charge is 0.495 e. The number of methoxy groups -OCH3 is 3. The lowest BCUT2D eigenvalue weighted by Gasteiger charge is -2.20. The van der Waals surface area contributed by atoms with Gasteiger partial charge in [-0.15, -0.1) is 26.3 Å². The molecular weight excluding hydrogens is 1090 g/mol. The van der Waals surface area contributed by atoms with Crippen LogP contribution >= 0.6 is 0 Å². The molecule has 410 valence electrons. The van der Waals surface area contributed by atoms with Gasteiger partial charge in [-0.25, -0.2) is 23.1 Å². The van der Waals surface area contributed by atoms with Crippen LogP contribution in [0.5, 0.6) is 51.7 Å². The zero-order valence-electron chi connectivity index (χ0n) is 38.3. The van der Waals surface area contributed by atoms with E-state index in [1.165, 1.54) is 0 Å². The third-order valence-electron chi connectivity index (χ3n) is 9.38. The molecule has 0 aliphatic rings. The number of nitrogens with one attached hydrogen (secondary N) is 2.